The van der Waals surface area contributed by atoms with E-state index in [9.17, 15) is 14.7 Å². The number of hydrogen-bond acceptors (Lipinski definition) is 3. The van der Waals surface area contributed by atoms with Crippen molar-refractivity contribution in [2.24, 2.45) is 5.41 Å². The number of hydrogen-bond donors (Lipinski definition) is 2. The van der Waals surface area contributed by atoms with Gasteiger partial charge in [0.05, 0.1) is 17.1 Å². The maximum absolute atomic E-state index is 12.3. The summed E-state index contributed by atoms with van der Waals surface area (Å²) in [6.45, 7) is 1.90. The van der Waals surface area contributed by atoms with Gasteiger partial charge in [-0.3, -0.25) is 9.59 Å². The molecule has 6 nitrogen and oxygen atoms in total. The van der Waals surface area contributed by atoms with Crippen LogP contribution in [0.1, 0.15) is 44.2 Å². The van der Waals surface area contributed by atoms with Crippen molar-refractivity contribution in [2.75, 3.05) is 0 Å². The largest absolute Gasteiger partial charge is 0.481 e. The highest BCUT2D eigenvalue weighted by molar-refractivity contribution is 5.85. The standard InChI is InChI=1S/C18H21N3O3/c1-13(20-16(22)12-18(17(23)24)8-4-9-18)14-6-2-3-7-15(14)21-11-5-10-19-21/h2-3,5-7,10-11,13H,4,8-9,12H2,1H3,(H,20,22)(H,23,24). The fourth-order valence-corrected chi connectivity index (χ4v) is 3.22. The van der Waals surface area contributed by atoms with E-state index in [2.05, 4.69) is 10.4 Å². The Labute approximate surface area is 140 Å². The minimum atomic E-state index is -0.870. The quantitative estimate of drug-likeness (QED) is 0.854. The summed E-state index contributed by atoms with van der Waals surface area (Å²) in [5.41, 5.74) is 0.963. The van der Waals surface area contributed by atoms with Gasteiger partial charge in [0.15, 0.2) is 0 Å². The van der Waals surface area contributed by atoms with Gasteiger partial charge in [-0.25, -0.2) is 4.68 Å². The summed E-state index contributed by atoms with van der Waals surface area (Å²) in [6.07, 6.45) is 5.62. The smallest absolute Gasteiger partial charge is 0.310 e. The molecule has 3 rings (SSSR count). The van der Waals surface area contributed by atoms with Crippen LogP contribution >= 0.6 is 0 Å². The summed E-state index contributed by atoms with van der Waals surface area (Å²) in [7, 11) is 0. The Kier molecular flexibility index (Phi) is 4.38. The lowest BCUT2D eigenvalue weighted by Crippen LogP contribution is -2.43. The van der Waals surface area contributed by atoms with Crippen molar-refractivity contribution in [3.05, 3.63) is 48.3 Å². The molecule has 2 N–H and O–H groups in total. The van der Waals surface area contributed by atoms with Gasteiger partial charge in [-0.15, -0.1) is 0 Å². The molecule has 24 heavy (non-hydrogen) atoms. The molecule has 1 unspecified atom stereocenters. The van der Waals surface area contributed by atoms with E-state index in [4.69, 9.17) is 0 Å². The third-order valence-electron chi connectivity index (χ3n) is 4.80. The second-order valence-electron chi connectivity index (χ2n) is 6.41. The van der Waals surface area contributed by atoms with E-state index in [1.807, 2.05) is 43.5 Å². The van der Waals surface area contributed by atoms with Crippen molar-refractivity contribution in [3.63, 3.8) is 0 Å². The molecule has 0 aliphatic heterocycles. The number of carboxylic acid groups (broad SMARTS) is 1. The average molecular weight is 327 g/mol. The first-order valence-corrected chi connectivity index (χ1v) is 8.13. The molecule has 0 saturated heterocycles. The van der Waals surface area contributed by atoms with E-state index >= 15 is 0 Å². The van der Waals surface area contributed by atoms with Crippen LogP contribution in [0.5, 0.6) is 0 Å². The molecule has 1 amide bonds. The van der Waals surface area contributed by atoms with E-state index in [0.29, 0.717) is 12.8 Å². The molecule has 2 aromatic rings. The second kappa shape index (κ2) is 6.47. The molecule has 1 aromatic carbocycles. The Hall–Kier alpha value is -2.63. The fourth-order valence-electron chi connectivity index (χ4n) is 3.22. The number of benzene rings is 1. The molecule has 1 heterocycles. The molecule has 126 valence electrons. The maximum Gasteiger partial charge on any atom is 0.310 e. The highest BCUT2D eigenvalue weighted by atomic mass is 16.4. The molecule has 1 fully saturated rings. The SMILES string of the molecule is CC(NC(=O)CC1(C(=O)O)CCC1)c1ccccc1-n1cccn1. The molecule has 0 radical (unpaired) electrons. The topological polar surface area (TPSA) is 84.2 Å². The van der Waals surface area contributed by atoms with Gasteiger partial charge < -0.3 is 10.4 Å². The number of amides is 1. The number of carbonyl (C=O) groups is 2. The van der Waals surface area contributed by atoms with E-state index in [-0.39, 0.29) is 18.4 Å². The Morgan fingerprint density at radius 3 is 2.67 bits per heavy atom. The van der Waals surface area contributed by atoms with Gasteiger partial charge in [0.25, 0.3) is 0 Å². The lowest BCUT2D eigenvalue weighted by atomic mass is 9.66. The molecule has 0 spiro atoms. The Morgan fingerprint density at radius 1 is 1.33 bits per heavy atom. The molecular weight excluding hydrogens is 306 g/mol. The van der Waals surface area contributed by atoms with Gasteiger partial charge in [0.2, 0.25) is 5.91 Å². The summed E-state index contributed by atoms with van der Waals surface area (Å²) in [5, 5.41) is 16.5. The zero-order chi connectivity index (χ0) is 17.2. The van der Waals surface area contributed by atoms with E-state index in [1.165, 1.54) is 0 Å². The van der Waals surface area contributed by atoms with E-state index in [1.54, 1.807) is 10.9 Å². The Morgan fingerprint density at radius 2 is 2.08 bits per heavy atom. The second-order valence-corrected chi connectivity index (χ2v) is 6.41. The molecule has 1 saturated carbocycles. The molecule has 1 aliphatic carbocycles. The van der Waals surface area contributed by atoms with Crippen molar-refractivity contribution >= 4 is 11.9 Å². The van der Waals surface area contributed by atoms with Gasteiger partial charge >= 0.3 is 5.97 Å². The zero-order valence-corrected chi connectivity index (χ0v) is 13.6. The number of para-hydroxylation sites is 1. The lowest BCUT2D eigenvalue weighted by Gasteiger charge is -2.37. The Bertz CT molecular complexity index is 736. The summed E-state index contributed by atoms with van der Waals surface area (Å²) in [5.74, 6) is -1.09. The number of nitrogens with one attached hydrogen (secondary N) is 1. The van der Waals surface area contributed by atoms with Gasteiger partial charge in [0, 0.05) is 18.8 Å². The van der Waals surface area contributed by atoms with Crippen molar-refractivity contribution in [2.45, 2.75) is 38.6 Å². The third-order valence-corrected chi connectivity index (χ3v) is 4.80. The van der Waals surface area contributed by atoms with Crippen LogP contribution in [0.4, 0.5) is 0 Å². The lowest BCUT2D eigenvalue weighted by molar-refractivity contribution is -0.157. The van der Waals surface area contributed by atoms with Crippen LogP contribution < -0.4 is 5.32 Å². The first kappa shape index (κ1) is 16.2. The zero-order valence-electron chi connectivity index (χ0n) is 13.6. The number of rotatable bonds is 6. The van der Waals surface area contributed by atoms with Crippen molar-refractivity contribution in [1.82, 2.24) is 15.1 Å². The highest BCUT2D eigenvalue weighted by Crippen LogP contribution is 2.44. The van der Waals surface area contributed by atoms with Gasteiger partial charge in [0.1, 0.15) is 0 Å². The number of nitrogens with zero attached hydrogens (tertiary/aromatic N) is 2. The molecule has 6 heteroatoms. The fraction of sp³-hybridized carbons (Fsp3) is 0.389. The first-order chi connectivity index (χ1) is 11.5. The molecule has 1 aromatic heterocycles. The van der Waals surface area contributed by atoms with Gasteiger partial charge in [-0.2, -0.15) is 5.10 Å². The molecule has 1 atom stereocenters. The predicted molar refractivity (Wildman–Crippen MR) is 88.7 cm³/mol. The van der Waals surface area contributed by atoms with Crippen LogP contribution in [0, 0.1) is 5.41 Å². The first-order valence-electron chi connectivity index (χ1n) is 8.13. The highest BCUT2D eigenvalue weighted by Gasteiger charge is 2.46. The number of aliphatic carboxylic acids is 1. The minimum absolute atomic E-state index is 0.0383. The van der Waals surface area contributed by atoms with E-state index < -0.39 is 11.4 Å². The van der Waals surface area contributed by atoms with Crippen LogP contribution in [0.3, 0.4) is 0 Å². The van der Waals surface area contributed by atoms with Crippen molar-refractivity contribution in [1.29, 1.82) is 0 Å². The normalized spacial score (nSPS) is 16.9. The molecular formula is C18H21N3O3. The number of aromatic nitrogens is 2. The summed E-state index contributed by atoms with van der Waals surface area (Å²) in [4.78, 5) is 23.8. The summed E-state index contributed by atoms with van der Waals surface area (Å²) < 4.78 is 1.75. The number of carboxylic acids is 1. The predicted octanol–water partition coefficient (Wildman–Crippen LogP) is 2.69. The minimum Gasteiger partial charge on any atom is -0.481 e. The third kappa shape index (κ3) is 3.04. The monoisotopic (exact) mass is 327 g/mol. The van der Waals surface area contributed by atoms with Crippen LogP contribution in [0.25, 0.3) is 5.69 Å². The van der Waals surface area contributed by atoms with Crippen LogP contribution in [0.2, 0.25) is 0 Å². The van der Waals surface area contributed by atoms with Crippen molar-refractivity contribution < 1.29 is 14.7 Å². The average Bonchev–Trinajstić information content (AvgIpc) is 3.04. The molecule has 1 aliphatic rings. The Balaban J connectivity index is 1.73. The van der Waals surface area contributed by atoms with Crippen LogP contribution in [-0.2, 0) is 9.59 Å². The van der Waals surface area contributed by atoms with E-state index in [0.717, 1.165) is 17.7 Å². The van der Waals surface area contributed by atoms with Crippen LogP contribution in [-0.4, -0.2) is 26.8 Å². The maximum atomic E-state index is 12.3. The number of carbonyl (C=O) groups excluding carboxylic acids is 1. The summed E-state index contributed by atoms with van der Waals surface area (Å²) >= 11 is 0. The van der Waals surface area contributed by atoms with Crippen LogP contribution in [0.15, 0.2) is 42.7 Å². The molecule has 0 bridgehead atoms. The van der Waals surface area contributed by atoms with Crippen molar-refractivity contribution in [3.8, 4) is 5.69 Å². The van der Waals surface area contributed by atoms with Gasteiger partial charge in [-0.05, 0) is 37.5 Å². The summed E-state index contributed by atoms with van der Waals surface area (Å²) in [6, 6.07) is 9.32. The van der Waals surface area contributed by atoms with Gasteiger partial charge in [-0.1, -0.05) is 24.6 Å².